The molecule has 0 aromatic heterocycles. The van der Waals surface area contributed by atoms with Crippen LogP contribution in [-0.2, 0) is 16.0 Å². The Morgan fingerprint density at radius 1 is 1.04 bits per heavy atom. The van der Waals surface area contributed by atoms with Crippen LogP contribution in [0.1, 0.15) is 15.9 Å². The van der Waals surface area contributed by atoms with Crippen molar-refractivity contribution in [3.05, 3.63) is 65.7 Å². The van der Waals surface area contributed by atoms with Crippen molar-refractivity contribution in [1.82, 2.24) is 5.32 Å². The van der Waals surface area contributed by atoms with Gasteiger partial charge in [0, 0.05) is 12.0 Å². The fourth-order valence-electron chi connectivity index (χ4n) is 2.20. The summed E-state index contributed by atoms with van der Waals surface area (Å²) in [6, 6.07) is 15.3. The van der Waals surface area contributed by atoms with E-state index in [0.29, 0.717) is 17.7 Å². The van der Waals surface area contributed by atoms with Crippen molar-refractivity contribution in [3.8, 4) is 5.75 Å². The topological polar surface area (TPSA) is 64.6 Å². The number of methoxy groups -OCH3 is 2. The van der Waals surface area contributed by atoms with Crippen LogP contribution in [-0.4, -0.2) is 32.1 Å². The van der Waals surface area contributed by atoms with E-state index in [9.17, 15) is 9.59 Å². The summed E-state index contributed by atoms with van der Waals surface area (Å²) in [4.78, 5) is 24.2. The molecule has 0 aliphatic rings. The van der Waals surface area contributed by atoms with E-state index >= 15 is 0 Å². The molecular formula is C18H19NO4. The van der Waals surface area contributed by atoms with Crippen LogP contribution in [0.25, 0.3) is 0 Å². The van der Waals surface area contributed by atoms with Gasteiger partial charge in [0.15, 0.2) is 0 Å². The number of carbonyl (C=O) groups is 2. The van der Waals surface area contributed by atoms with E-state index in [0.717, 1.165) is 5.56 Å². The van der Waals surface area contributed by atoms with Gasteiger partial charge in [0.25, 0.3) is 5.91 Å². The molecule has 5 nitrogen and oxygen atoms in total. The van der Waals surface area contributed by atoms with Gasteiger partial charge in [0.2, 0.25) is 0 Å². The highest BCUT2D eigenvalue weighted by molar-refractivity contribution is 5.96. The van der Waals surface area contributed by atoms with Gasteiger partial charge < -0.3 is 14.8 Å². The van der Waals surface area contributed by atoms with Gasteiger partial charge in [-0.2, -0.15) is 0 Å². The Bertz CT molecular complexity index is 670. The van der Waals surface area contributed by atoms with Crippen molar-refractivity contribution in [2.45, 2.75) is 12.5 Å². The van der Waals surface area contributed by atoms with E-state index in [-0.39, 0.29) is 5.91 Å². The molecule has 0 bridgehead atoms. The van der Waals surface area contributed by atoms with E-state index in [2.05, 4.69) is 5.32 Å². The minimum Gasteiger partial charge on any atom is -0.497 e. The highest BCUT2D eigenvalue weighted by atomic mass is 16.5. The number of rotatable bonds is 6. The Morgan fingerprint density at radius 3 is 2.43 bits per heavy atom. The average Bonchev–Trinajstić information content (AvgIpc) is 2.61. The Labute approximate surface area is 135 Å². The molecular weight excluding hydrogens is 294 g/mol. The Kier molecular flexibility index (Phi) is 5.74. The molecule has 0 fully saturated rings. The monoisotopic (exact) mass is 313 g/mol. The molecule has 0 aliphatic heterocycles. The zero-order valence-electron chi connectivity index (χ0n) is 13.1. The fraction of sp³-hybridized carbons (Fsp3) is 0.222. The number of hydrogen-bond donors (Lipinski definition) is 1. The quantitative estimate of drug-likeness (QED) is 0.831. The van der Waals surface area contributed by atoms with Crippen molar-refractivity contribution < 1.29 is 19.1 Å². The van der Waals surface area contributed by atoms with E-state index < -0.39 is 12.0 Å². The second kappa shape index (κ2) is 7.98. The third-order valence-corrected chi connectivity index (χ3v) is 3.40. The molecule has 0 radical (unpaired) electrons. The Balaban J connectivity index is 2.14. The van der Waals surface area contributed by atoms with E-state index in [4.69, 9.17) is 9.47 Å². The zero-order valence-corrected chi connectivity index (χ0v) is 13.1. The molecule has 2 rings (SSSR count). The largest absolute Gasteiger partial charge is 0.497 e. The van der Waals surface area contributed by atoms with Gasteiger partial charge in [0.05, 0.1) is 14.2 Å². The average molecular weight is 313 g/mol. The number of ether oxygens (including phenoxy) is 2. The molecule has 1 atom stereocenters. The lowest BCUT2D eigenvalue weighted by Crippen LogP contribution is -2.43. The first-order chi connectivity index (χ1) is 11.1. The number of hydrogen-bond acceptors (Lipinski definition) is 4. The first-order valence-electron chi connectivity index (χ1n) is 7.20. The summed E-state index contributed by atoms with van der Waals surface area (Å²) in [5, 5.41) is 2.72. The highest BCUT2D eigenvalue weighted by Crippen LogP contribution is 2.14. The van der Waals surface area contributed by atoms with Crippen LogP contribution >= 0.6 is 0 Å². The lowest BCUT2D eigenvalue weighted by atomic mass is 10.0. The lowest BCUT2D eigenvalue weighted by Gasteiger charge is -2.17. The van der Waals surface area contributed by atoms with Crippen molar-refractivity contribution >= 4 is 11.9 Å². The predicted octanol–water partition coefficient (Wildman–Crippen LogP) is 2.21. The third kappa shape index (κ3) is 4.57. The summed E-state index contributed by atoms with van der Waals surface area (Å²) in [5.41, 5.74) is 1.36. The second-order valence-electron chi connectivity index (χ2n) is 4.97. The maximum Gasteiger partial charge on any atom is 0.328 e. The molecule has 1 amide bonds. The number of benzene rings is 2. The summed E-state index contributed by atoms with van der Waals surface area (Å²) >= 11 is 0. The molecule has 0 aliphatic carbocycles. The predicted molar refractivity (Wildman–Crippen MR) is 86.4 cm³/mol. The number of nitrogens with one attached hydrogen (secondary N) is 1. The highest BCUT2D eigenvalue weighted by Gasteiger charge is 2.22. The standard InChI is InChI=1S/C18H19NO4/c1-22-15-10-6-7-13(11-15)12-16(18(21)23-2)19-17(20)14-8-4-3-5-9-14/h3-11,16H,12H2,1-2H3,(H,19,20)/t16-/m1/s1. The van der Waals surface area contributed by atoms with Crippen LogP contribution in [0.5, 0.6) is 5.75 Å². The number of amides is 1. The van der Waals surface area contributed by atoms with Crippen LogP contribution in [0.2, 0.25) is 0 Å². The van der Waals surface area contributed by atoms with Crippen LogP contribution in [0.3, 0.4) is 0 Å². The summed E-state index contributed by atoms with van der Waals surface area (Å²) in [6.07, 6.45) is 0.322. The number of esters is 1. The molecule has 0 heterocycles. The molecule has 0 saturated carbocycles. The zero-order chi connectivity index (χ0) is 16.7. The Hall–Kier alpha value is -2.82. The molecule has 23 heavy (non-hydrogen) atoms. The second-order valence-corrected chi connectivity index (χ2v) is 4.97. The maximum absolute atomic E-state index is 12.2. The molecule has 2 aromatic rings. The smallest absolute Gasteiger partial charge is 0.328 e. The fourth-order valence-corrected chi connectivity index (χ4v) is 2.20. The van der Waals surface area contributed by atoms with Crippen molar-refractivity contribution in [2.24, 2.45) is 0 Å². The van der Waals surface area contributed by atoms with Crippen LogP contribution in [0.15, 0.2) is 54.6 Å². The molecule has 0 unspecified atom stereocenters. The van der Waals surface area contributed by atoms with Gasteiger partial charge in [0.1, 0.15) is 11.8 Å². The maximum atomic E-state index is 12.2. The normalized spacial score (nSPS) is 11.4. The molecule has 0 spiro atoms. The molecule has 2 aromatic carbocycles. The summed E-state index contributed by atoms with van der Waals surface area (Å²) in [5.74, 6) is -0.110. The van der Waals surface area contributed by atoms with Gasteiger partial charge in [-0.25, -0.2) is 4.79 Å². The lowest BCUT2D eigenvalue weighted by molar-refractivity contribution is -0.142. The van der Waals surface area contributed by atoms with E-state index in [1.165, 1.54) is 7.11 Å². The van der Waals surface area contributed by atoms with Crippen molar-refractivity contribution in [3.63, 3.8) is 0 Å². The van der Waals surface area contributed by atoms with Crippen molar-refractivity contribution in [1.29, 1.82) is 0 Å². The van der Waals surface area contributed by atoms with Crippen LogP contribution in [0.4, 0.5) is 0 Å². The van der Waals surface area contributed by atoms with Crippen LogP contribution in [0, 0.1) is 0 Å². The Morgan fingerprint density at radius 2 is 1.78 bits per heavy atom. The van der Waals surface area contributed by atoms with Crippen LogP contribution < -0.4 is 10.1 Å². The van der Waals surface area contributed by atoms with Gasteiger partial charge >= 0.3 is 5.97 Å². The molecule has 120 valence electrons. The van der Waals surface area contributed by atoms with E-state index in [1.807, 2.05) is 30.3 Å². The SMILES string of the molecule is COC(=O)[C@@H](Cc1cccc(OC)c1)NC(=O)c1ccccc1. The van der Waals surface area contributed by atoms with E-state index in [1.54, 1.807) is 31.4 Å². The minimum atomic E-state index is -0.764. The summed E-state index contributed by atoms with van der Waals surface area (Å²) in [6.45, 7) is 0. The van der Waals surface area contributed by atoms with Gasteiger partial charge in [-0.15, -0.1) is 0 Å². The summed E-state index contributed by atoms with van der Waals surface area (Å²) in [7, 11) is 2.88. The molecule has 1 N–H and O–H groups in total. The van der Waals surface area contributed by atoms with Crippen molar-refractivity contribution in [2.75, 3.05) is 14.2 Å². The minimum absolute atomic E-state index is 0.316. The molecule has 5 heteroatoms. The van der Waals surface area contributed by atoms with Gasteiger partial charge in [-0.1, -0.05) is 30.3 Å². The molecule has 0 saturated heterocycles. The first kappa shape index (κ1) is 16.5. The number of carbonyl (C=O) groups excluding carboxylic acids is 2. The third-order valence-electron chi connectivity index (χ3n) is 3.40. The van der Waals surface area contributed by atoms with Gasteiger partial charge in [-0.05, 0) is 29.8 Å². The van der Waals surface area contributed by atoms with Gasteiger partial charge in [-0.3, -0.25) is 4.79 Å². The summed E-state index contributed by atoms with van der Waals surface area (Å²) < 4.78 is 9.96. The first-order valence-corrected chi connectivity index (χ1v) is 7.20.